The van der Waals surface area contributed by atoms with E-state index in [1.54, 1.807) is 0 Å². The summed E-state index contributed by atoms with van der Waals surface area (Å²) in [7, 11) is 0. The molecule has 1 saturated heterocycles. The van der Waals surface area contributed by atoms with Crippen LogP contribution in [0.4, 0.5) is 0 Å². The molecule has 162 valence electrons. The Bertz CT molecular complexity index is 460. The molecule has 4 heteroatoms. The zero-order chi connectivity index (χ0) is 20.7. The van der Waals surface area contributed by atoms with Crippen molar-refractivity contribution in [2.24, 2.45) is 0 Å². The van der Waals surface area contributed by atoms with E-state index in [4.69, 9.17) is 0 Å². The van der Waals surface area contributed by atoms with Gasteiger partial charge in [0.1, 0.15) is 0 Å². The quantitative estimate of drug-likeness (QED) is 0.253. The van der Waals surface area contributed by atoms with Crippen LogP contribution in [0.25, 0.3) is 0 Å². The van der Waals surface area contributed by atoms with Gasteiger partial charge in [-0.2, -0.15) is 0 Å². The molecule has 1 fully saturated rings. The number of amides is 2. The topological polar surface area (TPSA) is 49.4 Å². The molecule has 0 unspecified atom stereocenters. The molecular formula is C24H44N2O2. The van der Waals surface area contributed by atoms with Crippen LogP contribution in [0.1, 0.15) is 110 Å². The SMILES string of the molecule is C=CC(=O)NCCCCCCCCCCCCCCC(C)(C)N1CCCC1=O. The lowest BCUT2D eigenvalue weighted by atomic mass is 9.94. The van der Waals surface area contributed by atoms with Gasteiger partial charge < -0.3 is 10.2 Å². The number of unbranched alkanes of at least 4 members (excludes halogenated alkanes) is 11. The van der Waals surface area contributed by atoms with Crippen molar-refractivity contribution in [1.29, 1.82) is 0 Å². The Balaban J connectivity index is 1.82. The van der Waals surface area contributed by atoms with Crippen LogP contribution in [0.15, 0.2) is 12.7 Å². The fraction of sp³-hybridized carbons (Fsp3) is 0.833. The van der Waals surface area contributed by atoms with Crippen LogP contribution in [0.2, 0.25) is 0 Å². The molecule has 1 heterocycles. The first-order valence-electron chi connectivity index (χ1n) is 11.7. The second-order valence-corrected chi connectivity index (χ2v) is 8.95. The minimum atomic E-state index is -0.0644. The summed E-state index contributed by atoms with van der Waals surface area (Å²) >= 11 is 0. The molecule has 0 bridgehead atoms. The van der Waals surface area contributed by atoms with Crippen molar-refractivity contribution in [1.82, 2.24) is 10.2 Å². The number of hydrogen-bond acceptors (Lipinski definition) is 2. The van der Waals surface area contributed by atoms with E-state index in [2.05, 4.69) is 30.6 Å². The van der Waals surface area contributed by atoms with Crippen LogP contribution in [-0.4, -0.2) is 35.3 Å². The lowest BCUT2D eigenvalue weighted by Crippen LogP contribution is -2.44. The summed E-state index contributed by atoms with van der Waals surface area (Å²) in [4.78, 5) is 25.0. The Kier molecular flexibility index (Phi) is 12.9. The van der Waals surface area contributed by atoms with E-state index in [9.17, 15) is 9.59 Å². The van der Waals surface area contributed by atoms with Crippen LogP contribution in [0, 0.1) is 0 Å². The summed E-state index contributed by atoms with van der Waals surface area (Å²) in [5.74, 6) is 0.287. The smallest absolute Gasteiger partial charge is 0.243 e. The minimum Gasteiger partial charge on any atom is -0.353 e. The Morgan fingerprint density at radius 1 is 0.964 bits per heavy atom. The Hall–Kier alpha value is -1.32. The predicted octanol–water partition coefficient (Wildman–Crippen LogP) is 5.76. The third kappa shape index (κ3) is 10.9. The van der Waals surface area contributed by atoms with E-state index in [-0.39, 0.29) is 11.4 Å². The van der Waals surface area contributed by atoms with E-state index in [1.807, 2.05) is 0 Å². The summed E-state index contributed by atoms with van der Waals surface area (Å²) in [6.07, 6.45) is 19.8. The third-order valence-electron chi connectivity index (χ3n) is 6.00. The van der Waals surface area contributed by atoms with E-state index in [0.29, 0.717) is 5.91 Å². The monoisotopic (exact) mass is 392 g/mol. The number of hydrogen-bond donors (Lipinski definition) is 1. The molecule has 28 heavy (non-hydrogen) atoms. The van der Waals surface area contributed by atoms with Crippen LogP contribution < -0.4 is 5.32 Å². The Morgan fingerprint density at radius 2 is 1.46 bits per heavy atom. The highest BCUT2D eigenvalue weighted by Gasteiger charge is 2.33. The molecule has 2 amide bonds. The van der Waals surface area contributed by atoms with E-state index >= 15 is 0 Å². The number of carbonyl (C=O) groups excluding carboxylic acids is 2. The maximum atomic E-state index is 11.9. The first-order valence-corrected chi connectivity index (χ1v) is 11.7. The summed E-state index contributed by atoms with van der Waals surface area (Å²) in [6, 6.07) is 0. The van der Waals surface area contributed by atoms with Crippen LogP contribution in [-0.2, 0) is 9.59 Å². The van der Waals surface area contributed by atoms with Crippen molar-refractivity contribution >= 4 is 11.8 Å². The lowest BCUT2D eigenvalue weighted by molar-refractivity contribution is -0.132. The van der Waals surface area contributed by atoms with E-state index in [0.717, 1.165) is 38.8 Å². The fourth-order valence-electron chi connectivity index (χ4n) is 4.16. The average Bonchev–Trinajstić information content (AvgIpc) is 3.11. The average molecular weight is 393 g/mol. The summed E-state index contributed by atoms with van der Waals surface area (Å²) in [5, 5.41) is 2.82. The Labute approximate surface area is 173 Å². The zero-order valence-electron chi connectivity index (χ0n) is 18.6. The number of likely N-dealkylation sites (tertiary alicyclic amines) is 1. The maximum absolute atomic E-state index is 11.9. The number of nitrogens with zero attached hydrogens (tertiary/aromatic N) is 1. The van der Waals surface area contributed by atoms with Gasteiger partial charge in [0, 0.05) is 25.0 Å². The van der Waals surface area contributed by atoms with Gasteiger partial charge in [0.15, 0.2) is 0 Å². The Morgan fingerprint density at radius 3 is 1.93 bits per heavy atom. The van der Waals surface area contributed by atoms with Gasteiger partial charge in [-0.05, 0) is 39.2 Å². The molecule has 0 aromatic carbocycles. The highest BCUT2D eigenvalue weighted by atomic mass is 16.2. The third-order valence-corrected chi connectivity index (χ3v) is 6.00. The van der Waals surface area contributed by atoms with Gasteiger partial charge >= 0.3 is 0 Å². The molecule has 0 saturated carbocycles. The molecular weight excluding hydrogens is 348 g/mol. The first-order chi connectivity index (χ1) is 13.5. The molecule has 0 atom stereocenters. The van der Waals surface area contributed by atoms with Gasteiger partial charge in [-0.15, -0.1) is 0 Å². The van der Waals surface area contributed by atoms with Gasteiger partial charge in [-0.3, -0.25) is 9.59 Å². The van der Waals surface area contributed by atoms with E-state index in [1.165, 1.54) is 76.7 Å². The number of rotatable bonds is 17. The largest absolute Gasteiger partial charge is 0.353 e. The molecule has 1 N–H and O–H groups in total. The maximum Gasteiger partial charge on any atom is 0.243 e. The summed E-state index contributed by atoms with van der Waals surface area (Å²) in [6.45, 7) is 9.64. The summed E-state index contributed by atoms with van der Waals surface area (Å²) in [5.41, 5.74) is 0.0465. The van der Waals surface area contributed by atoms with Crippen molar-refractivity contribution in [2.75, 3.05) is 13.1 Å². The highest BCUT2D eigenvalue weighted by molar-refractivity contribution is 5.86. The first kappa shape index (κ1) is 24.7. The predicted molar refractivity (Wildman–Crippen MR) is 118 cm³/mol. The second kappa shape index (κ2) is 14.6. The lowest BCUT2D eigenvalue weighted by Gasteiger charge is -2.35. The minimum absolute atomic E-state index is 0.0465. The van der Waals surface area contributed by atoms with Crippen molar-refractivity contribution in [3.63, 3.8) is 0 Å². The fourth-order valence-corrected chi connectivity index (χ4v) is 4.16. The molecule has 0 aromatic rings. The normalized spacial score (nSPS) is 14.5. The van der Waals surface area contributed by atoms with E-state index < -0.39 is 0 Å². The van der Waals surface area contributed by atoms with Gasteiger partial charge in [-0.1, -0.05) is 77.2 Å². The number of nitrogens with one attached hydrogen (secondary N) is 1. The molecule has 4 nitrogen and oxygen atoms in total. The second-order valence-electron chi connectivity index (χ2n) is 8.95. The zero-order valence-corrected chi connectivity index (χ0v) is 18.6. The van der Waals surface area contributed by atoms with Crippen molar-refractivity contribution in [3.05, 3.63) is 12.7 Å². The van der Waals surface area contributed by atoms with Gasteiger partial charge in [-0.25, -0.2) is 0 Å². The highest BCUT2D eigenvalue weighted by Crippen LogP contribution is 2.27. The molecule has 0 spiro atoms. The van der Waals surface area contributed by atoms with Gasteiger partial charge in [0.2, 0.25) is 11.8 Å². The van der Waals surface area contributed by atoms with Crippen molar-refractivity contribution in [2.45, 2.75) is 116 Å². The van der Waals surface area contributed by atoms with Crippen molar-refractivity contribution < 1.29 is 9.59 Å². The summed E-state index contributed by atoms with van der Waals surface area (Å²) < 4.78 is 0. The van der Waals surface area contributed by atoms with Crippen LogP contribution in [0.5, 0.6) is 0 Å². The molecule has 0 radical (unpaired) electrons. The number of carbonyl (C=O) groups is 2. The molecule has 0 aliphatic carbocycles. The van der Waals surface area contributed by atoms with Gasteiger partial charge in [0.05, 0.1) is 0 Å². The molecule has 1 rings (SSSR count). The molecule has 1 aliphatic heterocycles. The van der Waals surface area contributed by atoms with Crippen LogP contribution >= 0.6 is 0 Å². The van der Waals surface area contributed by atoms with Crippen molar-refractivity contribution in [3.8, 4) is 0 Å². The molecule has 0 aromatic heterocycles. The molecule has 1 aliphatic rings. The van der Waals surface area contributed by atoms with Crippen LogP contribution in [0.3, 0.4) is 0 Å². The standard InChI is InChI=1S/C24H44N2O2/c1-4-22(27)25-20-16-14-12-10-8-6-5-7-9-11-13-15-19-24(2,3)26-21-17-18-23(26)28/h4H,1,5-21H2,2-3H3,(H,25,27). The van der Waals surface area contributed by atoms with Gasteiger partial charge in [0.25, 0.3) is 0 Å².